The van der Waals surface area contributed by atoms with Crippen LogP contribution in [0.5, 0.6) is 5.75 Å². The van der Waals surface area contributed by atoms with Gasteiger partial charge in [0, 0.05) is 17.7 Å². The van der Waals surface area contributed by atoms with Crippen LogP contribution in [0.2, 0.25) is 0 Å². The third-order valence-corrected chi connectivity index (χ3v) is 5.58. The van der Waals surface area contributed by atoms with Crippen LogP contribution >= 0.6 is 11.8 Å². The van der Waals surface area contributed by atoms with Gasteiger partial charge in [-0.25, -0.2) is 0 Å². The molecule has 0 saturated carbocycles. The van der Waals surface area contributed by atoms with Crippen LogP contribution in [-0.4, -0.2) is 27.8 Å². The largest absolute Gasteiger partial charge is 0.497 e. The number of nitrogens with zero attached hydrogens (tertiary/aromatic N) is 3. The van der Waals surface area contributed by atoms with E-state index >= 15 is 0 Å². The Hall–Kier alpha value is -3.01. The topological polar surface area (TPSA) is 69.0 Å². The van der Waals surface area contributed by atoms with Crippen molar-refractivity contribution in [2.24, 2.45) is 5.92 Å². The molecule has 1 aromatic heterocycles. The molecule has 0 aliphatic heterocycles. The first-order valence-corrected chi connectivity index (χ1v) is 10.8. The Morgan fingerprint density at radius 2 is 1.91 bits per heavy atom. The molecular weight excluding hydrogens is 441 g/mol. The van der Waals surface area contributed by atoms with Gasteiger partial charge >= 0.3 is 6.18 Å². The van der Waals surface area contributed by atoms with Gasteiger partial charge in [-0.05, 0) is 23.8 Å². The van der Waals surface area contributed by atoms with Gasteiger partial charge in [0.15, 0.2) is 11.0 Å². The number of benzene rings is 2. The number of hydrogen-bond acceptors (Lipinski definition) is 5. The van der Waals surface area contributed by atoms with E-state index in [-0.39, 0.29) is 24.1 Å². The number of carbonyl (C=O) groups is 1. The van der Waals surface area contributed by atoms with Crippen molar-refractivity contribution in [2.45, 2.75) is 37.5 Å². The molecule has 1 amide bonds. The lowest BCUT2D eigenvalue weighted by atomic mass is 10.1. The molecule has 32 heavy (non-hydrogen) atoms. The number of halogens is 3. The number of thioether (sulfide) groups is 1. The summed E-state index contributed by atoms with van der Waals surface area (Å²) >= 11 is 1.26. The van der Waals surface area contributed by atoms with Gasteiger partial charge in [0.2, 0.25) is 5.91 Å². The van der Waals surface area contributed by atoms with Crippen LogP contribution in [0.3, 0.4) is 0 Å². The predicted octanol–water partition coefficient (Wildman–Crippen LogP) is 4.86. The number of carbonyl (C=O) groups excluding carboxylic acids is 1. The average Bonchev–Trinajstić information content (AvgIpc) is 3.18. The van der Waals surface area contributed by atoms with Crippen LogP contribution in [0.15, 0.2) is 53.7 Å². The van der Waals surface area contributed by atoms with Gasteiger partial charge in [-0.2, -0.15) is 13.2 Å². The molecule has 0 bridgehead atoms. The van der Waals surface area contributed by atoms with E-state index in [1.165, 1.54) is 17.8 Å². The first-order chi connectivity index (χ1) is 15.2. The second-order valence-electron chi connectivity index (χ2n) is 7.30. The molecule has 2 aromatic carbocycles. The van der Waals surface area contributed by atoms with E-state index < -0.39 is 11.7 Å². The molecule has 0 aliphatic rings. The number of hydrogen-bond donors (Lipinski definition) is 1. The molecule has 0 saturated heterocycles. The van der Waals surface area contributed by atoms with Gasteiger partial charge in [-0.3, -0.25) is 9.36 Å². The molecule has 0 spiro atoms. The average molecular weight is 465 g/mol. The minimum atomic E-state index is -4.40. The summed E-state index contributed by atoms with van der Waals surface area (Å²) in [5.74, 6) is 1.09. The number of amides is 1. The van der Waals surface area contributed by atoms with Gasteiger partial charge in [0.25, 0.3) is 0 Å². The molecule has 3 aromatic rings. The SMILES string of the molecule is COc1cccc(-n2c(CNC(=O)C(C)C)nnc2SCc2cccc(C(F)(F)F)c2)c1. The highest BCUT2D eigenvalue weighted by molar-refractivity contribution is 7.98. The standard InChI is InChI=1S/C22H23F3N4O2S/c1-14(2)20(30)26-12-19-27-28-21(29(19)17-8-5-9-18(11-17)31-3)32-13-15-6-4-7-16(10-15)22(23,24)25/h4-11,14H,12-13H2,1-3H3,(H,26,30). The third kappa shape index (κ3) is 5.82. The summed E-state index contributed by atoms with van der Waals surface area (Å²) in [6.45, 7) is 3.74. The maximum absolute atomic E-state index is 13.0. The van der Waals surface area contributed by atoms with Crippen molar-refractivity contribution in [3.8, 4) is 11.4 Å². The Morgan fingerprint density at radius 1 is 1.16 bits per heavy atom. The van der Waals surface area contributed by atoms with Crippen molar-refractivity contribution in [1.82, 2.24) is 20.1 Å². The molecule has 170 valence electrons. The van der Waals surface area contributed by atoms with Crippen LogP contribution in [0.4, 0.5) is 13.2 Å². The van der Waals surface area contributed by atoms with E-state index in [0.717, 1.165) is 17.8 Å². The first-order valence-electron chi connectivity index (χ1n) is 9.84. The Morgan fingerprint density at radius 3 is 2.59 bits per heavy atom. The van der Waals surface area contributed by atoms with E-state index in [1.54, 1.807) is 43.7 Å². The lowest BCUT2D eigenvalue weighted by Crippen LogP contribution is -2.28. The quantitative estimate of drug-likeness (QED) is 0.482. The fourth-order valence-electron chi connectivity index (χ4n) is 2.87. The Kier molecular flexibility index (Phi) is 7.44. The summed E-state index contributed by atoms with van der Waals surface area (Å²) < 4.78 is 46.1. The molecule has 0 aliphatic carbocycles. The molecule has 0 atom stereocenters. The van der Waals surface area contributed by atoms with Gasteiger partial charge in [-0.15, -0.1) is 10.2 Å². The minimum absolute atomic E-state index is 0.122. The third-order valence-electron chi connectivity index (χ3n) is 4.58. The summed E-state index contributed by atoms with van der Waals surface area (Å²) in [7, 11) is 1.55. The lowest BCUT2D eigenvalue weighted by molar-refractivity contribution is -0.137. The monoisotopic (exact) mass is 464 g/mol. The number of nitrogens with one attached hydrogen (secondary N) is 1. The van der Waals surface area contributed by atoms with Crippen molar-refractivity contribution in [1.29, 1.82) is 0 Å². The summed E-state index contributed by atoms with van der Waals surface area (Å²) in [4.78, 5) is 12.0. The van der Waals surface area contributed by atoms with Crippen LogP contribution in [-0.2, 0) is 23.3 Å². The maximum atomic E-state index is 13.0. The van der Waals surface area contributed by atoms with Crippen molar-refractivity contribution in [2.75, 3.05) is 7.11 Å². The van der Waals surface area contributed by atoms with Crippen molar-refractivity contribution in [3.63, 3.8) is 0 Å². The van der Waals surface area contributed by atoms with Crippen molar-refractivity contribution < 1.29 is 22.7 Å². The highest BCUT2D eigenvalue weighted by Gasteiger charge is 2.30. The zero-order valence-electron chi connectivity index (χ0n) is 17.8. The lowest BCUT2D eigenvalue weighted by Gasteiger charge is -2.13. The van der Waals surface area contributed by atoms with Crippen LogP contribution in [0.1, 0.15) is 30.8 Å². The Balaban J connectivity index is 1.89. The summed E-state index contributed by atoms with van der Waals surface area (Å²) in [6, 6.07) is 12.4. The number of ether oxygens (including phenoxy) is 1. The minimum Gasteiger partial charge on any atom is -0.497 e. The van der Waals surface area contributed by atoms with Crippen LogP contribution in [0.25, 0.3) is 5.69 Å². The van der Waals surface area contributed by atoms with Crippen LogP contribution < -0.4 is 10.1 Å². The molecule has 0 fully saturated rings. The van der Waals surface area contributed by atoms with E-state index in [1.807, 2.05) is 12.1 Å². The summed E-state index contributed by atoms with van der Waals surface area (Å²) in [5, 5.41) is 11.7. The van der Waals surface area contributed by atoms with E-state index in [9.17, 15) is 18.0 Å². The fourth-order valence-corrected chi connectivity index (χ4v) is 3.79. The molecule has 1 N–H and O–H groups in total. The van der Waals surface area contributed by atoms with E-state index in [2.05, 4.69) is 15.5 Å². The molecule has 10 heteroatoms. The first kappa shape index (κ1) is 23.6. The maximum Gasteiger partial charge on any atom is 0.416 e. The smallest absolute Gasteiger partial charge is 0.416 e. The van der Waals surface area contributed by atoms with Gasteiger partial charge < -0.3 is 10.1 Å². The Labute approximate surface area is 188 Å². The normalized spacial score (nSPS) is 11.6. The molecular formula is C22H23F3N4O2S. The number of aromatic nitrogens is 3. The summed E-state index contributed by atoms with van der Waals surface area (Å²) in [5.41, 5.74) is 0.538. The van der Waals surface area contributed by atoms with E-state index in [4.69, 9.17) is 4.74 Å². The van der Waals surface area contributed by atoms with Crippen LogP contribution in [0, 0.1) is 5.92 Å². The Bertz CT molecular complexity index is 1080. The van der Waals surface area contributed by atoms with Gasteiger partial charge in [0.05, 0.1) is 24.9 Å². The van der Waals surface area contributed by atoms with Crippen molar-refractivity contribution in [3.05, 3.63) is 65.5 Å². The number of rotatable bonds is 8. The van der Waals surface area contributed by atoms with Crippen molar-refractivity contribution >= 4 is 17.7 Å². The molecule has 0 radical (unpaired) electrons. The molecule has 6 nitrogen and oxygen atoms in total. The molecule has 3 rings (SSSR count). The highest BCUT2D eigenvalue weighted by atomic mass is 32.2. The van der Waals surface area contributed by atoms with Gasteiger partial charge in [-0.1, -0.05) is 49.9 Å². The summed E-state index contributed by atoms with van der Waals surface area (Å²) in [6.07, 6.45) is -4.40. The van der Waals surface area contributed by atoms with Gasteiger partial charge in [0.1, 0.15) is 5.75 Å². The fraction of sp³-hybridized carbons (Fsp3) is 0.318. The highest BCUT2D eigenvalue weighted by Crippen LogP contribution is 2.32. The second-order valence-corrected chi connectivity index (χ2v) is 8.24. The second kappa shape index (κ2) is 10.1. The predicted molar refractivity (Wildman–Crippen MR) is 116 cm³/mol. The number of methoxy groups -OCH3 is 1. The zero-order valence-corrected chi connectivity index (χ0v) is 18.6. The number of alkyl halides is 3. The molecule has 0 unspecified atom stereocenters. The zero-order chi connectivity index (χ0) is 23.3. The van der Waals surface area contributed by atoms with E-state index in [0.29, 0.717) is 22.3 Å². The molecule has 1 heterocycles.